The van der Waals surface area contributed by atoms with Crippen LogP contribution >= 0.6 is 15.9 Å². The maximum atomic E-state index is 12.3. The van der Waals surface area contributed by atoms with Gasteiger partial charge < -0.3 is 11.1 Å². The third kappa shape index (κ3) is 3.72. The van der Waals surface area contributed by atoms with Gasteiger partial charge in [-0.25, -0.2) is 0 Å². The molecule has 0 radical (unpaired) electrons. The highest BCUT2D eigenvalue weighted by Gasteiger charge is 2.23. The molecule has 2 atom stereocenters. The van der Waals surface area contributed by atoms with Crippen LogP contribution in [0.15, 0.2) is 22.7 Å². The van der Waals surface area contributed by atoms with Crippen molar-refractivity contribution in [2.24, 2.45) is 5.92 Å². The fraction of sp³-hybridized carbons (Fsp3) is 0.533. The second-order valence-electron chi connectivity index (χ2n) is 5.34. The van der Waals surface area contributed by atoms with Gasteiger partial charge in [-0.15, -0.1) is 0 Å². The number of amides is 1. The highest BCUT2D eigenvalue weighted by atomic mass is 79.9. The van der Waals surface area contributed by atoms with Crippen LogP contribution in [0.3, 0.4) is 0 Å². The molecule has 3 N–H and O–H groups in total. The predicted molar refractivity (Wildman–Crippen MR) is 82.1 cm³/mol. The van der Waals surface area contributed by atoms with Crippen molar-refractivity contribution >= 4 is 27.5 Å². The van der Waals surface area contributed by atoms with E-state index in [0.29, 0.717) is 17.3 Å². The minimum absolute atomic E-state index is 0.0550. The number of carbonyl (C=O) groups is 1. The Bertz CT molecular complexity index is 461. The molecule has 1 amide bonds. The molecule has 0 aliphatic heterocycles. The Morgan fingerprint density at radius 2 is 2.26 bits per heavy atom. The van der Waals surface area contributed by atoms with E-state index in [0.717, 1.165) is 23.2 Å². The molecule has 1 aliphatic rings. The zero-order valence-corrected chi connectivity index (χ0v) is 12.9. The topological polar surface area (TPSA) is 55.1 Å². The van der Waals surface area contributed by atoms with Gasteiger partial charge in [-0.1, -0.05) is 42.1 Å². The van der Waals surface area contributed by atoms with E-state index in [1.807, 2.05) is 6.07 Å². The number of nitrogen functional groups attached to an aromatic ring is 1. The Labute approximate surface area is 123 Å². The Hall–Kier alpha value is -1.03. The number of carbonyl (C=O) groups excluding carboxylic acids is 1. The Balaban J connectivity index is 2.02. The van der Waals surface area contributed by atoms with E-state index < -0.39 is 0 Å². The number of halogens is 1. The van der Waals surface area contributed by atoms with E-state index in [9.17, 15) is 4.79 Å². The van der Waals surface area contributed by atoms with E-state index in [2.05, 4.69) is 28.2 Å². The fourth-order valence-corrected chi connectivity index (χ4v) is 3.14. The molecule has 19 heavy (non-hydrogen) atoms. The van der Waals surface area contributed by atoms with Crippen molar-refractivity contribution in [1.29, 1.82) is 0 Å². The standard InChI is InChI=1S/C15H21BrN2O/c1-2-10-4-3-5-12(8-10)18-15(19)13-9-11(16)6-7-14(13)17/h6-7,9-10,12H,2-5,8,17H2,1H3,(H,18,19). The second-order valence-corrected chi connectivity index (χ2v) is 6.26. The monoisotopic (exact) mass is 324 g/mol. The number of hydrogen-bond donors (Lipinski definition) is 2. The molecule has 1 aromatic carbocycles. The quantitative estimate of drug-likeness (QED) is 0.832. The highest BCUT2D eigenvalue weighted by molar-refractivity contribution is 9.10. The maximum absolute atomic E-state index is 12.3. The van der Waals surface area contributed by atoms with Crippen molar-refractivity contribution in [2.45, 2.75) is 45.1 Å². The van der Waals surface area contributed by atoms with Gasteiger partial charge in [-0.2, -0.15) is 0 Å². The van der Waals surface area contributed by atoms with E-state index in [1.165, 1.54) is 19.3 Å². The molecule has 1 saturated carbocycles. The lowest BCUT2D eigenvalue weighted by atomic mass is 9.84. The summed E-state index contributed by atoms with van der Waals surface area (Å²) in [5.41, 5.74) is 6.96. The first-order valence-corrected chi connectivity index (χ1v) is 7.75. The molecule has 0 heterocycles. The van der Waals surface area contributed by atoms with Gasteiger partial charge in [-0.05, 0) is 37.0 Å². The Morgan fingerprint density at radius 1 is 1.47 bits per heavy atom. The molecule has 1 fully saturated rings. The average molecular weight is 325 g/mol. The van der Waals surface area contributed by atoms with Crippen LogP contribution in [0.1, 0.15) is 49.4 Å². The molecule has 0 saturated heterocycles. The SMILES string of the molecule is CCC1CCCC(NC(=O)c2cc(Br)ccc2N)C1. The Kier molecular flexibility index (Phi) is 4.86. The lowest BCUT2D eigenvalue weighted by molar-refractivity contribution is 0.0920. The Morgan fingerprint density at radius 3 is 3.00 bits per heavy atom. The highest BCUT2D eigenvalue weighted by Crippen LogP contribution is 2.27. The number of nitrogens with one attached hydrogen (secondary N) is 1. The molecule has 1 aromatic rings. The zero-order valence-electron chi connectivity index (χ0n) is 11.3. The first kappa shape index (κ1) is 14.4. The van der Waals surface area contributed by atoms with Crippen molar-refractivity contribution in [3.63, 3.8) is 0 Å². The lowest BCUT2D eigenvalue weighted by Crippen LogP contribution is -2.38. The predicted octanol–water partition coefficient (Wildman–Crippen LogP) is 3.73. The molecule has 2 rings (SSSR count). The minimum Gasteiger partial charge on any atom is -0.398 e. The molecule has 104 valence electrons. The number of hydrogen-bond acceptors (Lipinski definition) is 2. The molecule has 2 unspecified atom stereocenters. The van der Waals surface area contributed by atoms with Crippen molar-refractivity contribution in [3.05, 3.63) is 28.2 Å². The van der Waals surface area contributed by atoms with Crippen LogP contribution in [-0.2, 0) is 0 Å². The summed E-state index contributed by atoms with van der Waals surface area (Å²) in [6.45, 7) is 2.22. The summed E-state index contributed by atoms with van der Waals surface area (Å²) in [6.07, 6.45) is 5.87. The summed E-state index contributed by atoms with van der Waals surface area (Å²) in [5.74, 6) is 0.694. The van der Waals surface area contributed by atoms with Crippen LogP contribution < -0.4 is 11.1 Å². The first-order valence-electron chi connectivity index (χ1n) is 6.96. The smallest absolute Gasteiger partial charge is 0.253 e. The molecule has 3 nitrogen and oxygen atoms in total. The summed E-state index contributed by atoms with van der Waals surface area (Å²) >= 11 is 3.38. The summed E-state index contributed by atoms with van der Waals surface area (Å²) in [5, 5.41) is 3.13. The van der Waals surface area contributed by atoms with Gasteiger partial charge >= 0.3 is 0 Å². The van der Waals surface area contributed by atoms with E-state index in [1.54, 1.807) is 12.1 Å². The second kappa shape index (κ2) is 6.42. The number of nitrogens with two attached hydrogens (primary N) is 1. The largest absolute Gasteiger partial charge is 0.398 e. The van der Waals surface area contributed by atoms with Crippen LogP contribution in [0.5, 0.6) is 0 Å². The van der Waals surface area contributed by atoms with Gasteiger partial charge in [0.2, 0.25) is 0 Å². The van der Waals surface area contributed by atoms with Crippen molar-refractivity contribution in [2.75, 3.05) is 5.73 Å². The fourth-order valence-electron chi connectivity index (χ4n) is 2.78. The third-order valence-corrected chi connectivity index (χ3v) is 4.45. The molecule has 4 heteroatoms. The van der Waals surface area contributed by atoms with Crippen molar-refractivity contribution < 1.29 is 4.79 Å². The minimum atomic E-state index is -0.0550. The molecule has 0 spiro atoms. The van der Waals surface area contributed by atoms with Gasteiger partial charge in [0.25, 0.3) is 5.91 Å². The van der Waals surface area contributed by atoms with Crippen molar-refractivity contribution in [1.82, 2.24) is 5.32 Å². The van der Waals surface area contributed by atoms with Crippen LogP contribution in [0.2, 0.25) is 0 Å². The summed E-state index contributed by atoms with van der Waals surface area (Å²) < 4.78 is 0.877. The van der Waals surface area contributed by atoms with Crippen molar-refractivity contribution in [3.8, 4) is 0 Å². The average Bonchev–Trinajstić information content (AvgIpc) is 2.41. The lowest BCUT2D eigenvalue weighted by Gasteiger charge is -2.29. The number of benzene rings is 1. The van der Waals surface area contributed by atoms with Crippen LogP contribution in [0.4, 0.5) is 5.69 Å². The van der Waals surface area contributed by atoms with Gasteiger partial charge in [0.1, 0.15) is 0 Å². The van der Waals surface area contributed by atoms with E-state index >= 15 is 0 Å². The van der Waals surface area contributed by atoms with Gasteiger partial charge in [-0.3, -0.25) is 4.79 Å². The number of anilines is 1. The molecule has 1 aliphatic carbocycles. The van der Waals surface area contributed by atoms with Gasteiger partial charge in [0, 0.05) is 16.2 Å². The molecule has 0 bridgehead atoms. The zero-order chi connectivity index (χ0) is 13.8. The molecular formula is C15H21BrN2O. The number of rotatable bonds is 3. The van der Waals surface area contributed by atoms with E-state index in [-0.39, 0.29) is 5.91 Å². The van der Waals surface area contributed by atoms with Crippen LogP contribution in [0.25, 0.3) is 0 Å². The maximum Gasteiger partial charge on any atom is 0.253 e. The van der Waals surface area contributed by atoms with Crippen LogP contribution in [-0.4, -0.2) is 11.9 Å². The van der Waals surface area contributed by atoms with Gasteiger partial charge in [0.15, 0.2) is 0 Å². The first-order chi connectivity index (χ1) is 9.10. The molecular weight excluding hydrogens is 304 g/mol. The normalized spacial score (nSPS) is 23.1. The van der Waals surface area contributed by atoms with Crippen LogP contribution in [0, 0.1) is 5.92 Å². The summed E-state index contributed by atoms with van der Waals surface area (Å²) in [6, 6.07) is 5.68. The molecule has 0 aromatic heterocycles. The summed E-state index contributed by atoms with van der Waals surface area (Å²) in [4.78, 5) is 12.3. The van der Waals surface area contributed by atoms with E-state index in [4.69, 9.17) is 5.73 Å². The van der Waals surface area contributed by atoms with Gasteiger partial charge in [0.05, 0.1) is 5.56 Å². The third-order valence-electron chi connectivity index (χ3n) is 3.96. The summed E-state index contributed by atoms with van der Waals surface area (Å²) in [7, 11) is 0.